The summed E-state index contributed by atoms with van der Waals surface area (Å²) in [6.07, 6.45) is 0. The molecule has 11 aromatic rings. The quantitative estimate of drug-likeness (QED) is 0.0493. The van der Waals surface area contributed by atoms with E-state index in [0.717, 1.165) is 54.6 Å². The fourth-order valence-electron chi connectivity index (χ4n) is 9.09. The first-order valence-corrected chi connectivity index (χ1v) is 18.7. The minimum Gasteiger partial charge on any atom is -0.504 e. The Hall–Kier alpha value is -8.30. The van der Waals surface area contributed by atoms with Crippen LogP contribution < -0.4 is 0 Å². The summed E-state index contributed by atoms with van der Waals surface area (Å²) in [5.74, 6) is -7.44. The molecule has 0 amide bonds. The van der Waals surface area contributed by atoms with Crippen LogP contribution in [0.15, 0.2) is 138 Å². The first-order chi connectivity index (χ1) is 28.6. The Morgan fingerprint density at radius 3 is 1.32 bits per heavy atom. The van der Waals surface area contributed by atoms with Crippen LogP contribution in [-0.4, -0.2) is 40.9 Å². The standard InChI is InChI=1S/C50H30O9/c51-43-39-37(31-15-7-10-23-8-1-3-11-26(23)31)40-42(46(54)50(58)48(56)44(40)52)38(41(39)45(53)49(57)47(43)55)32-19-18-27(29-13-5-6-14-30(29)32)25-17-20-34-33(22-25)36-28-12-4-2-9-24(28)16-21-35(36)59-34/h1-22,51-58H. The molecule has 9 nitrogen and oxygen atoms in total. The van der Waals surface area contributed by atoms with E-state index < -0.39 is 46.0 Å². The molecular weight excluding hydrogens is 745 g/mol. The van der Waals surface area contributed by atoms with E-state index in [1.165, 1.54) is 0 Å². The number of hydrogen-bond acceptors (Lipinski definition) is 9. The molecule has 0 fully saturated rings. The van der Waals surface area contributed by atoms with Crippen molar-refractivity contribution in [2.45, 2.75) is 0 Å². The van der Waals surface area contributed by atoms with Gasteiger partial charge in [-0.2, -0.15) is 0 Å². The molecular formula is C50H30O9. The fraction of sp³-hybridized carbons (Fsp3) is 0. The second-order valence-electron chi connectivity index (χ2n) is 14.7. The van der Waals surface area contributed by atoms with Crippen molar-refractivity contribution >= 4 is 75.8 Å². The molecule has 59 heavy (non-hydrogen) atoms. The molecule has 11 rings (SSSR count). The highest BCUT2D eigenvalue weighted by atomic mass is 16.4. The smallest absolute Gasteiger partial charge is 0.204 e. The van der Waals surface area contributed by atoms with Crippen LogP contribution in [0.25, 0.3) is 109 Å². The van der Waals surface area contributed by atoms with Gasteiger partial charge in [0.2, 0.25) is 23.0 Å². The molecule has 0 spiro atoms. The molecule has 8 N–H and O–H groups in total. The van der Waals surface area contributed by atoms with Crippen molar-refractivity contribution in [3.05, 3.63) is 133 Å². The number of fused-ring (bicyclic) bond motifs is 9. The summed E-state index contributed by atoms with van der Waals surface area (Å²) in [5, 5.41) is 97.8. The Morgan fingerprint density at radius 1 is 0.288 bits per heavy atom. The molecule has 1 aromatic heterocycles. The third kappa shape index (κ3) is 4.55. The maximum Gasteiger partial charge on any atom is 0.204 e. The molecule has 0 saturated carbocycles. The number of rotatable bonds is 3. The summed E-state index contributed by atoms with van der Waals surface area (Å²) in [4.78, 5) is 0. The predicted molar refractivity (Wildman–Crippen MR) is 231 cm³/mol. The van der Waals surface area contributed by atoms with Gasteiger partial charge >= 0.3 is 0 Å². The van der Waals surface area contributed by atoms with Gasteiger partial charge in [-0.05, 0) is 72.8 Å². The molecule has 0 bridgehead atoms. The lowest BCUT2D eigenvalue weighted by Gasteiger charge is -2.24. The van der Waals surface area contributed by atoms with Gasteiger partial charge in [0, 0.05) is 43.4 Å². The minimum absolute atomic E-state index is 0.00385. The Kier molecular flexibility index (Phi) is 6.97. The number of hydrogen-bond donors (Lipinski definition) is 8. The van der Waals surface area contributed by atoms with E-state index in [9.17, 15) is 40.9 Å². The van der Waals surface area contributed by atoms with Gasteiger partial charge in [-0.3, -0.25) is 0 Å². The second-order valence-corrected chi connectivity index (χ2v) is 14.7. The molecule has 284 valence electrons. The molecule has 10 aromatic carbocycles. The van der Waals surface area contributed by atoms with Gasteiger partial charge in [0.1, 0.15) is 11.2 Å². The second kappa shape index (κ2) is 12.1. The van der Waals surface area contributed by atoms with E-state index >= 15 is 0 Å². The van der Waals surface area contributed by atoms with Gasteiger partial charge < -0.3 is 45.3 Å². The minimum atomic E-state index is -1.03. The predicted octanol–water partition coefficient (Wildman–Crippen LogP) is 12.0. The van der Waals surface area contributed by atoms with Crippen molar-refractivity contribution < 1.29 is 45.3 Å². The van der Waals surface area contributed by atoms with Gasteiger partial charge in [0.25, 0.3) is 0 Å². The molecule has 0 atom stereocenters. The highest BCUT2D eigenvalue weighted by molar-refractivity contribution is 6.32. The molecule has 9 heteroatoms. The van der Waals surface area contributed by atoms with E-state index in [2.05, 4.69) is 18.2 Å². The summed E-state index contributed by atoms with van der Waals surface area (Å²) < 4.78 is 6.28. The third-order valence-corrected chi connectivity index (χ3v) is 11.7. The number of aromatic hydroxyl groups is 8. The lowest BCUT2D eigenvalue weighted by molar-refractivity contribution is 0.350. The van der Waals surface area contributed by atoms with Crippen molar-refractivity contribution in [2.24, 2.45) is 0 Å². The van der Waals surface area contributed by atoms with Crippen LogP contribution in [0.1, 0.15) is 0 Å². The highest BCUT2D eigenvalue weighted by Crippen LogP contribution is 2.62. The van der Waals surface area contributed by atoms with E-state index in [0.29, 0.717) is 21.9 Å². The van der Waals surface area contributed by atoms with Gasteiger partial charge in [-0.25, -0.2) is 0 Å². The number of benzene rings is 10. The number of phenols is 8. The third-order valence-electron chi connectivity index (χ3n) is 11.7. The normalized spacial score (nSPS) is 11.9. The molecule has 0 radical (unpaired) electrons. The summed E-state index contributed by atoms with van der Waals surface area (Å²) in [6, 6.07) is 41.7. The molecule has 0 aliphatic rings. The zero-order valence-electron chi connectivity index (χ0n) is 30.7. The van der Waals surface area contributed by atoms with Gasteiger partial charge in [0.15, 0.2) is 23.0 Å². The van der Waals surface area contributed by atoms with Crippen molar-refractivity contribution in [3.63, 3.8) is 0 Å². The van der Waals surface area contributed by atoms with Crippen LogP contribution in [0.5, 0.6) is 46.0 Å². The Bertz CT molecular complexity index is 3570. The van der Waals surface area contributed by atoms with Crippen LogP contribution >= 0.6 is 0 Å². The Balaban J connectivity index is 1.29. The molecule has 0 saturated heterocycles. The van der Waals surface area contributed by atoms with Crippen molar-refractivity contribution in [1.29, 1.82) is 0 Å². The Labute approximate surface area is 333 Å². The van der Waals surface area contributed by atoms with Gasteiger partial charge in [-0.1, -0.05) is 115 Å². The van der Waals surface area contributed by atoms with Crippen LogP contribution in [0, 0.1) is 0 Å². The van der Waals surface area contributed by atoms with Crippen LogP contribution in [0.4, 0.5) is 0 Å². The van der Waals surface area contributed by atoms with Gasteiger partial charge in [-0.15, -0.1) is 0 Å². The summed E-state index contributed by atoms with van der Waals surface area (Å²) >= 11 is 0. The van der Waals surface area contributed by atoms with E-state index in [4.69, 9.17) is 4.42 Å². The number of furan rings is 1. The summed E-state index contributed by atoms with van der Waals surface area (Å²) in [5.41, 5.74) is 3.87. The average molecular weight is 775 g/mol. The SMILES string of the molecule is Oc1c(O)c(O)c2c(-c3ccc(-c4ccc5oc6ccc7ccccc7c6c5c4)c4ccccc34)c3c(O)c(O)c(O)c(O)c3c(-c3cccc4ccccc34)c2c1O. The average Bonchev–Trinajstić information content (AvgIpc) is 3.66. The maximum atomic E-state index is 11.9. The zero-order chi connectivity index (χ0) is 40.4. The lowest BCUT2D eigenvalue weighted by Crippen LogP contribution is -1.96. The highest BCUT2D eigenvalue weighted by Gasteiger charge is 2.33. The van der Waals surface area contributed by atoms with Crippen molar-refractivity contribution in [3.8, 4) is 79.4 Å². The van der Waals surface area contributed by atoms with E-state index in [1.807, 2.05) is 84.9 Å². The first-order valence-electron chi connectivity index (χ1n) is 18.7. The van der Waals surface area contributed by atoms with E-state index in [-0.39, 0.29) is 32.7 Å². The number of phenolic OH excluding ortho intramolecular Hbond substituents is 8. The van der Waals surface area contributed by atoms with Crippen molar-refractivity contribution in [1.82, 2.24) is 0 Å². The van der Waals surface area contributed by atoms with Crippen LogP contribution in [-0.2, 0) is 0 Å². The molecule has 0 aliphatic carbocycles. The van der Waals surface area contributed by atoms with E-state index in [1.54, 1.807) is 30.3 Å². The maximum absolute atomic E-state index is 11.9. The molecule has 0 aliphatic heterocycles. The summed E-state index contributed by atoms with van der Waals surface area (Å²) in [7, 11) is 0. The largest absolute Gasteiger partial charge is 0.504 e. The monoisotopic (exact) mass is 774 g/mol. The van der Waals surface area contributed by atoms with Gasteiger partial charge in [0.05, 0.1) is 0 Å². The molecule has 1 heterocycles. The topological polar surface area (TPSA) is 175 Å². The first kappa shape index (κ1) is 34.0. The summed E-state index contributed by atoms with van der Waals surface area (Å²) in [6.45, 7) is 0. The lowest BCUT2D eigenvalue weighted by atomic mass is 9.81. The fourth-order valence-corrected chi connectivity index (χ4v) is 9.09. The van der Waals surface area contributed by atoms with Crippen molar-refractivity contribution in [2.75, 3.05) is 0 Å². The Morgan fingerprint density at radius 2 is 0.729 bits per heavy atom. The zero-order valence-corrected chi connectivity index (χ0v) is 30.7. The van der Waals surface area contributed by atoms with Crippen LogP contribution in [0.2, 0.25) is 0 Å². The molecule has 0 unspecified atom stereocenters. The van der Waals surface area contributed by atoms with Crippen LogP contribution in [0.3, 0.4) is 0 Å².